The van der Waals surface area contributed by atoms with Crippen molar-refractivity contribution in [3.63, 3.8) is 0 Å². The minimum Gasteiger partial charge on any atom is -0.455 e. The van der Waals surface area contributed by atoms with Gasteiger partial charge in [0, 0.05) is 19.3 Å². The highest BCUT2D eigenvalue weighted by Crippen LogP contribution is 2.42. The standard InChI is InChI=1S/C78H120O8/c1-4-7-10-13-16-19-22-25-28-31-34-37-40-43-55-64-72(79)84-75-71(67-82-78(68-58-49-46-50-59-68,69-60-51-47-52-61-69)70-62-53-48-54-63-70)83-77(86-74(81)66-57-45-42-39-36-33-30-27-24-21-18-15-12-9-6-3)76(75)85-73(80)65-56-44-41-38-35-32-29-26-23-20-17-14-11-8-5-2/h25-30,46-54,58-63,71,75-77H,4-24,31-45,55-57,64-67H2,1-3H3/b28-25-,29-26-,30-27-/t71-,75+,76?,77+/m1/s1. The molecule has 4 rings (SSSR count). The highest BCUT2D eigenvalue weighted by Gasteiger charge is 2.53. The van der Waals surface area contributed by atoms with Gasteiger partial charge >= 0.3 is 17.9 Å². The van der Waals surface area contributed by atoms with Crippen LogP contribution in [0, 0.1) is 0 Å². The van der Waals surface area contributed by atoms with Gasteiger partial charge in [-0.3, -0.25) is 14.4 Å². The van der Waals surface area contributed by atoms with E-state index in [4.69, 9.17) is 23.7 Å². The smallest absolute Gasteiger partial charge is 0.308 e. The van der Waals surface area contributed by atoms with E-state index < -0.39 is 48.1 Å². The lowest BCUT2D eigenvalue weighted by molar-refractivity contribution is -0.200. The number of carbonyl (C=O) groups is 3. The first-order chi connectivity index (χ1) is 42.4. The van der Waals surface area contributed by atoms with E-state index in [2.05, 4.69) is 93.6 Å². The Hall–Kier alpha value is -4.79. The largest absolute Gasteiger partial charge is 0.455 e. The van der Waals surface area contributed by atoms with Gasteiger partial charge in [0.15, 0.2) is 6.10 Å². The van der Waals surface area contributed by atoms with Crippen molar-refractivity contribution in [3.8, 4) is 0 Å². The Bertz CT molecular complexity index is 2090. The molecular weight excluding hydrogens is 1060 g/mol. The lowest BCUT2D eigenvalue weighted by atomic mass is 9.80. The number of rotatable bonds is 54. The van der Waals surface area contributed by atoms with E-state index in [-0.39, 0.29) is 25.9 Å². The molecule has 86 heavy (non-hydrogen) atoms. The molecule has 1 saturated heterocycles. The average Bonchev–Trinajstić information content (AvgIpc) is 1.05. The maximum Gasteiger partial charge on any atom is 0.308 e. The van der Waals surface area contributed by atoms with Crippen LogP contribution in [-0.4, -0.2) is 49.1 Å². The van der Waals surface area contributed by atoms with Crippen LogP contribution in [0.1, 0.15) is 307 Å². The fraction of sp³-hybridized carbons (Fsp3) is 0.654. The van der Waals surface area contributed by atoms with Gasteiger partial charge in [0.2, 0.25) is 12.4 Å². The van der Waals surface area contributed by atoms with Gasteiger partial charge in [0.25, 0.3) is 0 Å². The molecule has 0 spiro atoms. The molecule has 0 radical (unpaired) electrons. The zero-order valence-electron chi connectivity index (χ0n) is 54.6. The third-order valence-electron chi connectivity index (χ3n) is 17.0. The second-order valence-electron chi connectivity index (χ2n) is 24.5. The van der Waals surface area contributed by atoms with Crippen LogP contribution in [-0.2, 0) is 43.7 Å². The zero-order valence-corrected chi connectivity index (χ0v) is 54.6. The van der Waals surface area contributed by atoms with Crippen LogP contribution in [0.4, 0.5) is 0 Å². The Balaban J connectivity index is 1.44. The number of carbonyl (C=O) groups excluding carboxylic acids is 3. The number of hydrogen-bond donors (Lipinski definition) is 0. The zero-order chi connectivity index (χ0) is 61.1. The highest BCUT2D eigenvalue weighted by atomic mass is 16.8. The van der Waals surface area contributed by atoms with E-state index in [0.717, 1.165) is 113 Å². The Morgan fingerprint density at radius 2 is 0.616 bits per heavy atom. The fourth-order valence-electron chi connectivity index (χ4n) is 11.8. The molecule has 3 aromatic carbocycles. The quantitative estimate of drug-likeness (QED) is 0.0181. The van der Waals surface area contributed by atoms with E-state index in [0.29, 0.717) is 19.3 Å². The minimum atomic E-state index is -1.30. The van der Waals surface area contributed by atoms with E-state index in [1.54, 1.807) is 0 Å². The monoisotopic (exact) mass is 1180 g/mol. The van der Waals surface area contributed by atoms with E-state index in [9.17, 15) is 14.4 Å². The second kappa shape index (κ2) is 50.1. The van der Waals surface area contributed by atoms with Gasteiger partial charge in [-0.2, -0.15) is 0 Å². The summed E-state index contributed by atoms with van der Waals surface area (Å²) in [4.78, 5) is 42.0. The highest BCUT2D eigenvalue weighted by molar-refractivity contribution is 5.71. The molecule has 4 atom stereocenters. The summed E-state index contributed by atoms with van der Waals surface area (Å²) in [5.41, 5.74) is 1.59. The molecule has 0 aliphatic carbocycles. The number of ether oxygens (including phenoxy) is 5. The molecule has 1 unspecified atom stereocenters. The molecule has 1 aliphatic rings. The second-order valence-corrected chi connectivity index (χ2v) is 24.5. The van der Waals surface area contributed by atoms with Crippen LogP contribution in [0.5, 0.6) is 0 Å². The molecule has 1 aliphatic heterocycles. The Labute approximate surface area is 524 Å². The van der Waals surface area contributed by atoms with E-state index in [1.807, 2.05) is 54.6 Å². The normalized spacial score (nSPS) is 16.2. The predicted octanol–water partition coefficient (Wildman–Crippen LogP) is 22.2. The van der Waals surface area contributed by atoms with Crippen molar-refractivity contribution in [1.82, 2.24) is 0 Å². The van der Waals surface area contributed by atoms with Gasteiger partial charge in [0.05, 0.1) is 6.61 Å². The van der Waals surface area contributed by atoms with Crippen molar-refractivity contribution >= 4 is 17.9 Å². The summed E-state index contributed by atoms with van der Waals surface area (Å²) in [6.07, 6.45) is 55.2. The predicted molar refractivity (Wildman–Crippen MR) is 358 cm³/mol. The van der Waals surface area contributed by atoms with Crippen molar-refractivity contribution in [2.24, 2.45) is 0 Å². The van der Waals surface area contributed by atoms with Crippen molar-refractivity contribution < 1.29 is 38.1 Å². The van der Waals surface area contributed by atoms with Gasteiger partial charge in [-0.1, -0.05) is 302 Å². The average molecular weight is 1190 g/mol. The number of hydrogen-bond acceptors (Lipinski definition) is 8. The topological polar surface area (TPSA) is 97.4 Å². The number of benzene rings is 3. The van der Waals surface area contributed by atoms with Gasteiger partial charge in [-0.15, -0.1) is 0 Å². The summed E-state index contributed by atoms with van der Waals surface area (Å²) in [5, 5.41) is 0. The molecule has 3 aromatic rings. The van der Waals surface area contributed by atoms with Gasteiger partial charge in [0.1, 0.15) is 11.7 Å². The SMILES string of the molecule is CCCCCCCC/C=C\CCCCCCCC(=O)OC1[C@H](OC(=O)CCCCCCC/C=C\CCCCCCCC)O[C@H](COC(c2ccccc2)(c2ccccc2)c2ccccc2)[C@@H]1OC(=O)CCCCCCC/C=C\CCCCCCCC. The van der Waals surface area contributed by atoms with Crippen molar-refractivity contribution in [2.45, 2.75) is 321 Å². The molecule has 1 fully saturated rings. The lowest BCUT2D eigenvalue weighted by Crippen LogP contribution is -2.44. The molecule has 0 N–H and O–H groups in total. The van der Waals surface area contributed by atoms with Crippen LogP contribution in [0.25, 0.3) is 0 Å². The summed E-state index contributed by atoms with van der Waals surface area (Å²) < 4.78 is 33.0. The molecule has 0 bridgehead atoms. The van der Waals surface area contributed by atoms with Crippen molar-refractivity contribution in [1.29, 1.82) is 0 Å². The maximum absolute atomic E-state index is 14.1. The molecule has 0 amide bonds. The van der Waals surface area contributed by atoms with Crippen molar-refractivity contribution in [2.75, 3.05) is 6.61 Å². The molecule has 0 saturated carbocycles. The summed E-state index contributed by atoms with van der Waals surface area (Å²) in [6.45, 7) is 6.71. The van der Waals surface area contributed by atoms with Crippen LogP contribution < -0.4 is 0 Å². The lowest BCUT2D eigenvalue weighted by Gasteiger charge is -2.37. The molecule has 0 aromatic heterocycles. The first-order valence-electron chi connectivity index (χ1n) is 35.4. The summed E-state index contributed by atoms with van der Waals surface area (Å²) in [5.74, 6) is -1.26. The third-order valence-corrected chi connectivity index (χ3v) is 17.0. The van der Waals surface area contributed by atoms with Crippen LogP contribution in [0.2, 0.25) is 0 Å². The first kappa shape index (κ1) is 73.7. The Kier molecular flexibility index (Phi) is 42.9. The van der Waals surface area contributed by atoms with Gasteiger partial charge in [-0.25, -0.2) is 0 Å². The number of unbranched alkanes of at least 4 members (excludes halogenated alkanes) is 33. The summed E-state index contributed by atoms with van der Waals surface area (Å²) >= 11 is 0. The Morgan fingerprint density at radius 3 is 0.930 bits per heavy atom. The molecular formula is C78H120O8. The van der Waals surface area contributed by atoms with E-state index >= 15 is 0 Å². The van der Waals surface area contributed by atoms with Gasteiger partial charge in [-0.05, 0) is 113 Å². The van der Waals surface area contributed by atoms with Crippen LogP contribution in [0.3, 0.4) is 0 Å². The summed E-state index contributed by atoms with van der Waals surface area (Å²) in [6, 6.07) is 30.3. The summed E-state index contributed by atoms with van der Waals surface area (Å²) in [7, 11) is 0. The molecule has 8 heteroatoms. The Morgan fingerprint density at radius 1 is 0.349 bits per heavy atom. The number of esters is 3. The molecule has 8 nitrogen and oxygen atoms in total. The number of allylic oxidation sites excluding steroid dienone is 6. The van der Waals surface area contributed by atoms with Gasteiger partial charge < -0.3 is 23.7 Å². The fourth-order valence-corrected chi connectivity index (χ4v) is 11.8. The van der Waals surface area contributed by atoms with E-state index in [1.165, 1.54) is 135 Å². The molecule has 480 valence electrons. The van der Waals surface area contributed by atoms with Crippen LogP contribution >= 0.6 is 0 Å². The maximum atomic E-state index is 14.1. The van der Waals surface area contributed by atoms with Crippen molar-refractivity contribution in [3.05, 3.63) is 144 Å². The van der Waals surface area contributed by atoms with Crippen LogP contribution in [0.15, 0.2) is 127 Å². The first-order valence-corrected chi connectivity index (χ1v) is 35.4. The molecule has 1 heterocycles. The minimum absolute atomic E-state index is 0.0748. The third kappa shape index (κ3) is 32.4.